The second kappa shape index (κ2) is 6.89. The van der Waals surface area contributed by atoms with Gasteiger partial charge in [-0.15, -0.1) is 0 Å². The Labute approximate surface area is 140 Å². The lowest BCUT2D eigenvalue weighted by molar-refractivity contribution is -0.144. The number of hydrogen-bond donors (Lipinski definition) is 1. The monoisotopic (exact) mass is 324 g/mol. The van der Waals surface area contributed by atoms with E-state index in [1.807, 2.05) is 61.5 Å². The number of hydrogen-bond acceptors (Lipinski definition) is 4. The van der Waals surface area contributed by atoms with Crippen molar-refractivity contribution < 1.29 is 19.1 Å². The Balaban J connectivity index is 2.06. The summed E-state index contributed by atoms with van der Waals surface area (Å²) >= 11 is 0. The molecule has 24 heavy (non-hydrogen) atoms. The Hall–Kier alpha value is -2.59. The molecule has 2 unspecified atom stereocenters. The van der Waals surface area contributed by atoms with Crippen LogP contribution in [-0.2, 0) is 16.0 Å². The Morgan fingerprint density at radius 1 is 1.12 bits per heavy atom. The van der Waals surface area contributed by atoms with Gasteiger partial charge in [-0.2, -0.15) is 0 Å². The van der Waals surface area contributed by atoms with Gasteiger partial charge in [0, 0.05) is 10.9 Å². The van der Waals surface area contributed by atoms with Gasteiger partial charge in [0.25, 0.3) is 0 Å². The molecule has 0 saturated carbocycles. The summed E-state index contributed by atoms with van der Waals surface area (Å²) in [6.45, 7) is 1.81. The van der Waals surface area contributed by atoms with Gasteiger partial charge in [-0.05, 0) is 18.1 Å². The van der Waals surface area contributed by atoms with Gasteiger partial charge in [0.2, 0.25) is 0 Å². The van der Waals surface area contributed by atoms with Crippen LogP contribution in [0.4, 0.5) is 0 Å². The maximum absolute atomic E-state index is 11.8. The zero-order chi connectivity index (χ0) is 17.1. The molecule has 0 bridgehead atoms. The molecule has 1 aromatic heterocycles. The van der Waals surface area contributed by atoms with Crippen molar-refractivity contribution in [2.45, 2.75) is 19.4 Å². The highest BCUT2D eigenvalue weighted by Gasteiger charge is 2.25. The summed E-state index contributed by atoms with van der Waals surface area (Å²) in [5.41, 5.74) is 2.30. The number of carbonyl (C=O) groups is 1. The highest BCUT2D eigenvalue weighted by molar-refractivity contribution is 5.83. The number of fused-ring (bicyclic) bond motifs is 1. The molecule has 2 atom stereocenters. The predicted molar refractivity (Wildman–Crippen MR) is 91.6 cm³/mol. The minimum Gasteiger partial charge on any atom is -0.469 e. The number of rotatable bonds is 5. The standard InChI is InChI=1S/C20H20O4/c1-13(20(22)23-2)12-16-15-10-6-7-11-17(15)24-19(16)18(21)14-8-4-3-5-9-14/h3-11,13,18,21H,12H2,1-2H3. The van der Waals surface area contributed by atoms with Crippen molar-refractivity contribution in [3.63, 3.8) is 0 Å². The molecule has 0 aliphatic heterocycles. The summed E-state index contributed by atoms with van der Waals surface area (Å²) in [5.74, 6) is -0.115. The fourth-order valence-corrected chi connectivity index (χ4v) is 2.93. The lowest BCUT2D eigenvalue weighted by Gasteiger charge is -2.13. The molecule has 4 heteroatoms. The van der Waals surface area contributed by atoms with Crippen molar-refractivity contribution >= 4 is 16.9 Å². The first-order chi connectivity index (χ1) is 11.6. The fraction of sp³-hybridized carbons (Fsp3) is 0.250. The van der Waals surface area contributed by atoms with Gasteiger partial charge in [0.05, 0.1) is 13.0 Å². The van der Waals surface area contributed by atoms with E-state index in [0.717, 1.165) is 16.5 Å². The predicted octanol–water partition coefficient (Wildman–Crippen LogP) is 3.87. The normalized spacial score (nSPS) is 13.6. The highest BCUT2D eigenvalue weighted by Crippen LogP contribution is 2.34. The topological polar surface area (TPSA) is 59.7 Å². The molecule has 2 aromatic carbocycles. The third kappa shape index (κ3) is 3.05. The van der Waals surface area contributed by atoms with Crippen LogP contribution in [-0.4, -0.2) is 18.2 Å². The lowest BCUT2D eigenvalue weighted by Crippen LogP contribution is -2.16. The molecule has 1 N–H and O–H groups in total. The van der Waals surface area contributed by atoms with Crippen LogP contribution in [0, 0.1) is 5.92 Å². The molecule has 124 valence electrons. The largest absolute Gasteiger partial charge is 0.469 e. The Bertz CT molecular complexity index is 835. The van der Waals surface area contributed by atoms with Crippen molar-refractivity contribution in [3.8, 4) is 0 Å². The van der Waals surface area contributed by atoms with E-state index in [0.29, 0.717) is 17.8 Å². The number of methoxy groups -OCH3 is 1. The number of para-hydroxylation sites is 1. The zero-order valence-corrected chi connectivity index (χ0v) is 13.7. The number of ether oxygens (including phenoxy) is 1. The molecule has 4 nitrogen and oxygen atoms in total. The summed E-state index contributed by atoms with van der Waals surface area (Å²) in [5, 5.41) is 11.7. The van der Waals surface area contributed by atoms with Crippen molar-refractivity contribution in [3.05, 3.63) is 71.5 Å². The molecule has 3 rings (SSSR count). The van der Waals surface area contributed by atoms with Crippen LogP contribution in [0.15, 0.2) is 59.0 Å². The SMILES string of the molecule is COC(=O)C(C)Cc1c(C(O)c2ccccc2)oc2ccccc12. The lowest BCUT2D eigenvalue weighted by atomic mass is 9.95. The average molecular weight is 324 g/mol. The van der Waals surface area contributed by atoms with E-state index in [9.17, 15) is 9.90 Å². The first-order valence-electron chi connectivity index (χ1n) is 7.93. The first kappa shape index (κ1) is 16.3. The number of aliphatic hydroxyl groups excluding tert-OH is 1. The van der Waals surface area contributed by atoms with E-state index in [4.69, 9.17) is 9.15 Å². The number of furan rings is 1. The molecule has 0 saturated heterocycles. The molecule has 0 amide bonds. The average Bonchev–Trinajstić information content (AvgIpc) is 2.99. The zero-order valence-electron chi connectivity index (χ0n) is 13.7. The Kier molecular flexibility index (Phi) is 4.67. The number of benzene rings is 2. The summed E-state index contributed by atoms with van der Waals surface area (Å²) < 4.78 is 10.8. The quantitative estimate of drug-likeness (QED) is 0.724. The van der Waals surface area contributed by atoms with Crippen LogP contribution >= 0.6 is 0 Å². The van der Waals surface area contributed by atoms with Crippen molar-refractivity contribution in [1.29, 1.82) is 0 Å². The molecule has 0 aliphatic carbocycles. The molecule has 3 aromatic rings. The minimum absolute atomic E-state index is 0.277. The van der Waals surface area contributed by atoms with Gasteiger partial charge in [0.15, 0.2) is 0 Å². The van der Waals surface area contributed by atoms with Gasteiger partial charge in [-0.1, -0.05) is 55.5 Å². The highest BCUT2D eigenvalue weighted by atomic mass is 16.5. The van der Waals surface area contributed by atoms with Crippen LogP contribution in [0.5, 0.6) is 0 Å². The number of carbonyl (C=O) groups excluding carboxylic acids is 1. The van der Waals surface area contributed by atoms with Crippen molar-refractivity contribution in [1.82, 2.24) is 0 Å². The van der Waals surface area contributed by atoms with E-state index in [1.54, 1.807) is 0 Å². The van der Waals surface area contributed by atoms with E-state index in [-0.39, 0.29) is 11.9 Å². The molecule has 0 aliphatic rings. The molecule has 1 heterocycles. The smallest absolute Gasteiger partial charge is 0.308 e. The molecule has 0 radical (unpaired) electrons. The van der Waals surface area contributed by atoms with Crippen LogP contribution in [0.2, 0.25) is 0 Å². The van der Waals surface area contributed by atoms with E-state index in [2.05, 4.69) is 0 Å². The van der Waals surface area contributed by atoms with Gasteiger partial charge in [0.1, 0.15) is 17.4 Å². The molecular formula is C20H20O4. The Morgan fingerprint density at radius 3 is 2.50 bits per heavy atom. The summed E-state index contributed by atoms with van der Waals surface area (Å²) in [7, 11) is 1.38. The third-order valence-electron chi connectivity index (χ3n) is 4.21. The minimum atomic E-state index is -0.876. The van der Waals surface area contributed by atoms with Crippen LogP contribution in [0.1, 0.15) is 29.9 Å². The maximum atomic E-state index is 11.8. The second-order valence-electron chi connectivity index (χ2n) is 5.88. The van der Waals surface area contributed by atoms with Crippen molar-refractivity contribution in [2.75, 3.05) is 7.11 Å². The molecular weight excluding hydrogens is 304 g/mol. The van der Waals surface area contributed by atoms with Gasteiger partial charge in [-0.25, -0.2) is 0 Å². The maximum Gasteiger partial charge on any atom is 0.308 e. The fourth-order valence-electron chi connectivity index (χ4n) is 2.93. The summed E-state index contributed by atoms with van der Waals surface area (Å²) in [6, 6.07) is 17.0. The summed E-state index contributed by atoms with van der Waals surface area (Å²) in [4.78, 5) is 11.8. The molecule has 0 spiro atoms. The van der Waals surface area contributed by atoms with Crippen LogP contribution in [0.25, 0.3) is 11.0 Å². The first-order valence-corrected chi connectivity index (χ1v) is 7.93. The van der Waals surface area contributed by atoms with Gasteiger partial charge >= 0.3 is 5.97 Å². The Morgan fingerprint density at radius 2 is 1.79 bits per heavy atom. The van der Waals surface area contributed by atoms with E-state index in [1.165, 1.54) is 7.11 Å². The second-order valence-corrected chi connectivity index (χ2v) is 5.88. The van der Waals surface area contributed by atoms with Crippen LogP contribution < -0.4 is 0 Å². The molecule has 0 fully saturated rings. The third-order valence-corrected chi connectivity index (χ3v) is 4.21. The van der Waals surface area contributed by atoms with Crippen LogP contribution in [0.3, 0.4) is 0 Å². The van der Waals surface area contributed by atoms with E-state index < -0.39 is 6.10 Å². The number of esters is 1. The van der Waals surface area contributed by atoms with Gasteiger partial charge in [-0.3, -0.25) is 4.79 Å². The number of aliphatic hydroxyl groups is 1. The van der Waals surface area contributed by atoms with Crippen molar-refractivity contribution in [2.24, 2.45) is 5.92 Å². The van der Waals surface area contributed by atoms with Gasteiger partial charge < -0.3 is 14.3 Å². The van der Waals surface area contributed by atoms with E-state index >= 15 is 0 Å². The summed E-state index contributed by atoms with van der Waals surface area (Å²) in [6.07, 6.45) is -0.429.